The fourth-order valence-corrected chi connectivity index (χ4v) is 2.25. The van der Waals surface area contributed by atoms with Gasteiger partial charge in [0.15, 0.2) is 0 Å². The van der Waals surface area contributed by atoms with Gasteiger partial charge < -0.3 is 9.32 Å². The number of aryl methyl sites for hydroxylation is 1. The van der Waals surface area contributed by atoms with Crippen molar-refractivity contribution in [1.82, 2.24) is 4.90 Å². The van der Waals surface area contributed by atoms with Gasteiger partial charge in [0.05, 0.1) is 6.54 Å². The maximum Gasteiger partial charge on any atom is 0.254 e. The summed E-state index contributed by atoms with van der Waals surface area (Å²) in [6, 6.07) is 9.75. The van der Waals surface area contributed by atoms with Crippen molar-refractivity contribution in [1.29, 1.82) is 0 Å². The third-order valence-corrected chi connectivity index (χ3v) is 3.46. The summed E-state index contributed by atoms with van der Waals surface area (Å²) in [5.41, 5.74) is 0.515. The minimum atomic E-state index is -0.332. The SMILES string of the molecule is Cc1ccc(CN(C(=O)c2ccc(F)cc2)C2CC2)o1. The van der Waals surface area contributed by atoms with Gasteiger partial charge in [0, 0.05) is 11.6 Å². The fraction of sp³-hybridized carbons (Fsp3) is 0.312. The number of rotatable bonds is 4. The van der Waals surface area contributed by atoms with Crippen LogP contribution in [0.3, 0.4) is 0 Å². The molecule has 0 saturated heterocycles. The van der Waals surface area contributed by atoms with Gasteiger partial charge >= 0.3 is 0 Å². The van der Waals surface area contributed by atoms with E-state index in [-0.39, 0.29) is 17.8 Å². The van der Waals surface area contributed by atoms with Gasteiger partial charge in [-0.2, -0.15) is 0 Å². The summed E-state index contributed by atoms with van der Waals surface area (Å²) < 4.78 is 18.5. The minimum Gasteiger partial charge on any atom is -0.464 e. The third kappa shape index (κ3) is 2.74. The van der Waals surface area contributed by atoms with Crippen molar-refractivity contribution in [2.24, 2.45) is 0 Å². The van der Waals surface area contributed by atoms with Crippen molar-refractivity contribution in [3.8, 4) is 0 Å². The van der Waals surface area contributed by atoms with Crippen LogP contribution in [0.25, 0.3) is 0 Å². The van der Waals surface area contributed by atoms with E-state index in [0.717, 1.165) is 24.4 Å². The van der Waals surface area contributed by atoms with Crippen molar-refractivity contribution in [3.05, 3.63) is 59.3 Å². The third-order valence-electron chi connectivity index (χ3n) is 3.46. The number of nitrogens with zero attached hydrogens (tertiary/aromatic N) is 1. The number of hydrogen-bond acceptors (Lipinski definition) is 2. The van der Waals surface area contributed by atoms with E-state index >= 15 is 0 Å². The first kappa shape index (κ1) is 12.9. The average Bonchev–Trinajstić information content (AvgIpc) is 3.19. The summed E-state index contributed by atoms with van der Waals surface area (Å²) in [6.07, 6.45) is 2.04. The van der Waals surface area contributed by atoms with Gasteiger partial charge in [-0.3, -0.25) is 4.79 Å². The first-order valence-electron chi connectivity index (χ1n) is 6.75. The number of hydrogen-bond donors (Lipinski definition) is 0. The van der Waals surface area contributed by atoms with Gasteiger partial charge in [0.1, 0.15) is 17.3 Å². The van der Waals surface area contributed by atoms with E-state index in [2.05, 4.69) is 0 Å². The smallest absolute Gasteiger partial charge is 0.254 e. The molecule has 1 aromatic carbocycles. The Bertz CT molecular complexity index is 614. The van der Waals surface area contributed by atoms with Gasteiger partial charge in [0.2, 0.25) is 0 Å². The molecule has 1 aromatic heterocycles. The minimum absolute atomic E-state index is 0.0680. The molecule has 2 aromatic rings. The van der Waals surface area contributed by atoms with Gasteiger partial charge in [-0.15, -0.1) is 0 Å². The molecule has 0 N–H and O–H groups in total. The Kier molecular flexibility index (Phi) is 3.30. The molecule has 4 heteroatoms. The molecule has 0 unspecified atom stereocenters. The molecule has 0 atom stereocenters. The van der Waals surface area contributed by atoms with E-state index in [1.807, 2.05) is 24.0 Å². The first-order valence-corrected chi connectivity index (χ1v) is 6.75. The lowest BCUT2D eigenvalue weighted by Gasteiger charge is -2.21. The van der Waals surface area contributed by atoms with Crippen LogP contribution in [0.2, 0.25) is 0 Å². The van der Waals surface area contributed by atoms with Gasteiger partial charge in [0.25, 0.3) is 5.91 Å². The number of carbonyl (C=O) groups excluding carboxylic acids is 1. The number of benzene rings is 1. The van der Waals surface area contributed by atoms with E-state index in [0.29, 0.717) is 12.1 Å². The summed E-state index contributed by atoms with van der Waals surface area (Å²) in [4.78, 5) is 14.3. The molecule has 1 heterocycles. The van der Waals surface area contributed by atoms with Crippen molar-refractivity contribution >= 4 is 5.91 Å². The maximum absolute atomic E-state index is 12.9. The number of carbonyl (C=O) groups is 1. The summed E-state index contributed by atoms with van der Waals surface area (Å²) in [5.74, 6) is 1.22. The van der Waals surface area contributed by atoms with E-state index in [1.165, 1.54) is 24.3 Å². The molecule has 1 saturated carbocycles. The van der Waals surface area contributed by atoms with E-state index < -0.39 is 0 Å². The van der Waals surface area contributed by atoms with Gasteiger partial charge in [-0.05, 0) is 56.2 Å². The monoisotopic (exact) mass is 273 g/mol. The standard InChI is InChI=1S/C16H16FNO2/c1-11-2-9-15(20-11)10-18(14-7-8-14)16(19)12-3-5-13(17)6-4-12/h2-6,9,14H,7-8,10H2,1H3. The zero-order valence-electron chi connectivity index (χ0n) is 11.3. The fourth-order valence-electron chi connectivity index (χ4n) is 2.25. The predicted molar refractivity (Wildman–Crippen MR) is 72.7 cm³/mol. The number of furan rings is 1. The van der Waals surface area contributed by atoms with Crippen molar-refractivity contribution in [3.63, 3.8) is 0 Å². The zero-order valence-corrected chi connectivity index (χ0v) is 11.3. The Morgan fingerprint density at radius 1 is 1.25 bits per heavy atom. The molecule has 0 aliphatic heterocycles. The Morgan fingerprint density at radius 3 is 2.50 bits per heavy atom. The molecule has 1 aliphatic rings. The Morgan fingerprint density at radius 2 is 1.95 bits per heavy atom. The van der Waals surface area contributed by atoms with Crippen LogP contribution in [0.1, 0.15) is 34.7 Å². The van der Waals surface area contributed by atoms with Crippen molar-refractivity contribution in [2.75, 3.05) is 0 Å². The molecular weight excluding hydrogens is 257 g/mol. The highest BCUT2D eigenvalue weighted by molar-refractivity contribution is 5.94. The van der Waals surface area contributed by atoms with E-state index in [9.17, 15) is 9.18 Å². The predicted octanol–water partition coefficient (Wildman–Crippen LogP) is 3.53. The van der Waals surface area contributed by atoms with Gasteiger partial charge in [-0.1, -0.05) is 0 Å². The second-order valence-electron chi connectivity index (χ2n) is 5.18. The number of amides is 1. The molecule has 3 rings (SSSR count). The lowest BCUT2D eigenvalue weighted by molar-refractivity contribution is 0.0717. The largest absolute Gasteiger partial charge is 0.464 e. The van der Waals surface area contributed by atoms with Crippen LogP contribution in [0, 0.1) is 12.7 Å². The van der Waals surface area contributed by atoms with Crippen LogP contribution in [0.15, 0.2) is 40.8 Å². The Balaban J connectivity index is 1.79. The normalized spacial score (nSPS) is 14.3. The highest BCUT2D eigenvalue weighted by atomic mass is 19.1. The first-order chi connectivity index (χ1) is 9.63. The van der Waals surface area contributed by atoms with Crippen LogP contribution < -0.4 is 0 Å². The highest BCUT2D eigenvalue weighted by Gasteiger charge is 2.33. The summed E-state index contributed by atoms with van der Waals surface area (Å²) in [7, 11) is 0. The van der Waals surface area contributed by atoms with Crippen LogP contribution in [0.4, 0.5) is 4.39 Å². The van der Waals surface area contributed by atoms with Crippen LogP contribution in [-0.4, -0.2) is 16.8 Å². The van der Waals surface area contributed by atoms with E-state index in [4.69, 9.17) is 4.42 Å². The average molecular weight is 273 g/mol. The topological polar surface area (TPSA) is 33.5 Å². The maximum atomic E-state index is 12.9. The number of halogens is 1. The second-order valence-corrected chi connectivity index (χ2v) is 5.18. The molecule has 104 valence electrons. The molecular formula is C16H16FNO2. The van der Waals surface area contributed by atoms with Crippen LogP contribution in [-0.2, 0) is 6.54 Å². The molecule has 3 nitrogen and oxygen atoms in total. The van der Waals surface area contributed by atoms with Crippen LogP contribution in [0.5, 0.6) is 0 Å². The Hall–Kier alpha value is -2.10. The molecule has 1 aliphatic carbocycles. The van der Waals surface area contributed by atoms with Crippen LogP contribution >= 0.6 is 0 Å². The summed E-state index contributed by atoms with van der Waals surface area (Å²) >= 11 is 0. The Labute approximate surface area is 117 Å². The summed E-state index contributed by atoms with van der Waals surface area (Å²) in [5, 5.41) is 0. The van der Waals surface area contributed by atoms with Crippen molar-refractivity contribution < 1.29 is 13.6 Å². The lowest BCUT2D eigenvalue weighted by atomic mass is 10.2. The van der Waals surface area contributed by atoms with Gasteiger partial charge in [-0.25, -0.2) is 4.39 Å². The molecule has 1 amide bonds. The highest BCUT2D eigenvalue weighted by Crippen LogP contribution is 2.30. The van der Waals surface area contributed by atoms with Crippen molar-refractivity contribution in [2.45, 2.75) is 32.4 Å². The molecule has 0 spiro atoms. The molecule has 1 fully saturated rings. The van der Waals surface area contributed by atoms with E-state index in [1.54, 1.807) is 0 Å². The summed E-state index contributed by atoms with van der Waals surface area (Å²) in [6.45, 7) is 2.35. The molecule has 0 radical (unpaired) electrons. The molecule has 20 heavy (non-hydrogen) atoms. The second kappa shape index (κ2) is 5.12. The quantitative estimate of drug-likeness (QED) is 0.853. The lowest BCUT2D eigenvalue weighted by Crippen LogP contribution is -2.32. The molecule has 0 bridgehead atoms. The zero-order chi connectivity index (χ0) is 14.1.